The lowest BCUT2D eigenvalue weighted by atomic mass is 10.2. The Hall–Kier alpha value is -1.90. The minimum atomic E-state index is -2.97. The Labute approximate surface area is 77.4 Å². The van der Waals surface area contributed by atoms with Crippen LogP contribution in [-0.2, 0) is 6.42 Å². The predicted octanol–water partition coefficient (Wildman–Crippen LogP) is 1.08. The van der Waals surface area contributed by atoms with Gasteiger partial charge in [0, 0.05) is 11.8 Å². The fraction of sp³-hybridized carbons (Fsp3) is 0.250. The molecule has 6 heteroatoms. The number of rotatable bonds is 2. The number of nitrogens with one attached hydrogen (secondary N) is 1. The van der Waals surface area contributed by atoms with Crippen LogP contribution in [0.2, 0.25) is 0 Å². The number of aromatic amines is 1. The van der Waals surface area contributed by atoms with Crippen molar-refractivity contribution in [3.05, 3.63) is 27.7 Å². The van der Waals surface area contributed by atoms with Gasteiger partial charge in [0.2, 0.25) is 5.43 Å². The van der Waals surface area contributed by atoms with Gasteiger partial charge in [-0.25, -0.2) is 8.78 Å². The number of pyridine rings is 1. The molecule has 0 aliphatic carbocycles. The minimum absolute atomic E-state index is 0.0607. The largest absolute Gasteiger partial charge is 0.503 e. The van der Waals surface area contributed by atoms with Crippen molar-refractivity contribution in [2.45, 2.75) is 12.8 Å². The van der Waals surface area contributed by atoms with Crippen LogP contribution in [0.3, 0.4) is 0 Å². The lowest BCUT2D eigenvalue weighted by Gasteiger charge is -2.04. The maximum absolute atomic E-state index is 12.2. The molecule has 0 amide bonds. The standard InChI is InChI=1S/C8H6F2N2O2/c9-8(10)6-7(14)5(13)3-4(12-6)1-2-11/h3,8,14H,1H2,(H,12,13). The monoisotopic (exact) mass is 200 g/mol. The molecule has 2 N–H and O–H groups in total. The van der Waals surface area contributed by atoms with Crippen molar-refractivity contribution < 1.29 is 13.9 Å². The van der Waals surface area contributed by atoms with Crippen LogP contribution in [0.25, 0.3) is 0 Å². The van der Waals surface area contributed by atoms with Gasteiger partial charge in [0.25, 0.3) is 6.43 Å². The second-order valence-corrected chi connectivity index (χ2v) is 2.56. The lowest BCUT2D eigenvalue weighted by molar-refractivity contribution is 0.141. The molecule has 0 unspecified atom stereocenters. The molecule has 1 aromatic rings. The SMILES string of the molecule is N#CCc1cc(=O)c(O)c(C(F)F)[nH]1. The van der Waals surface area contributed by atoms with Gasteiger partial charge in [0.1, 0.15) is 5.69 Å². The number of hydrogen-bond acceptors (Lipinski definition) is 3. The third-order valence-corrected chi connectivity index (χ3v) is 1.58. The molecule has 14 heavy (non-hydrogen) atoms. The third-order valence-electron chi connectivity index (χ3n) is 1.58. The number of nitriles is 1. The Morgan fingerprint density at radius 3 is 2.79 bits per heavy atom. The van der Waals surface area contributed by atoms with E-state index in [-0.39, 0.29) is 12.1 Å². The van der Waals surface area contributed by atoms with Crippen LogP contribution in [-0.4, -0.2) is 10.1 Å². The Balaban J connectivity index is 3.30. The molecule has 0 aliphatic rings. The van der Waals surface area contributed by atoms with Crippen LogP contribution in [0.4, 0.5) is 8.78 Å². The minimum Gasteiger partial charge on any atom is -0.503 e. The van der Waals surface area contributed by atoms with E-state index >= 15 is 0 Å². The van der Waals surface area contributed by atoms with E-state index in [0.717, 1.165) is 6.07 Å². The number of halogens is 2. The first kappa shape index (κ1) is 10.2. The molecule has 0 spiro atoms. The first-order valence-electron chi connectivity index (χ1n) is 3.66. The van der Waals surface area contributed by atoms with E-state index in [4.69, 9.17) is 10.4 Å². The maximum atomic E-state index is 12.2. The summed E-state index contributed by atoms with van der Waals surface area (Å²) in [5.74, 6) is -0.998. The maximum Gasteiger partial charge on any atom is 0.282 e. The van der Waals surface area contributed by atoms with E-state index in [1.807, 2.05) is 0 Å². The summed E-state index contributed by atoms with van der Waals surface area (Å²) in [6.45, 7) is 0. The molecular weight excluding hydrogens is 194 g/mol. The van der Waals surface area contributed by atoms with Crippen LogP contribution in [0.1, 0.15) is 17.8 Å². The summed E-state index contributed by atoms with van der Waals surface area (Å²) in [5, 5.41) is 17.2. The number of nitrogens with zero attached hydrogens (tertiary/aromatic N) is 1. The molecule has 4 nitrogen and oxygen atoms in total. The normalized spacial score (nSPS) is 10.1. The average Bonchev–Trinajstić information content (AvgIpc) is 2.11. The second kappa shape index (κ2) is 3.87. The van der Waals surface area contributed by atoms with Gasteiger partial charge < -0.3 is 10.1 Å². The Kier molecular flexibility index (Phi) is 2.82. The van der Waals surface area contributed by atoms with E-state index in [1.165, 1.54) is 0 Å². The van der Waals surface area contributed by atoms with Gasteiger partial charge in [-0.2, -0.15) is 5.26 Å². The van der Waals surface area contributed by atoms with E-state index in [1.54, 1.807) is 6.07 Å². The summed E-state index contributed by atoms with van der Waals surface area (Å²) in [7, 11) is 0. The molecule has 0 bridgehead atoms. The van der Waals surface area contributed by atoms with E-state index < -0.39 is 23.3 Å². The molecule has 0 saturated carbocycles. The summed E-state index contributed by atoms with van der Waals surface area (Å²) in [5.41, 5.74) is -1.70. The van der Waals surface area contributed by atoms with Gasteiger partial charge in [-0.05, 0) is 0 Å². The molecule has 0 aliphatic heterocycles. The first-order valence-corrected chi connectivity index (χ1v) is 3.66. The van der Waals surface area contributed by atoms with Gasteiger partial charge in [0.05, 0.1) is 12.5 Å². The van der Waals surface area contributed by atoms with E-state index in [2.05, 4.69) is 4.98 Å². The van der Waals surface area contributed by atoms with Gasteiger partial charge in [0.15, 0.2) is 5.75 Å². The van der Waals surface area contributed by atoms with Crippen LogP contribution < -0.4 is 5.43 Å². The molecule has 1 heterocycles. The third kappa shape index (κ3) is 1.88. The number of aromatic nitrogens is 1. The van der Waals surface area contributed by atoms with Crippen molar-refractivity contribution in [3.63, 3.8) is 0 Å². The highest BCUT2D eigenvalue weighted by molar-refractivity contribution is 5.29. The summed E-state index contributed by atoms with van der Waals surface area (Å²) in [4.78, 5) is 13.1. The number of aromatic hydroxyl groups is 1. The van der Waals surface area contributed by atoms with Gasteiger partial charge in [-0.3, -0.25) is 4.79 Å². The van der Waals surface area contributed by atoms with Crippen molar-refractivity contribution in [1.82, 2.24) is 4.98 Å². The summed E-state index contributed by atoms with van der Waals surface area (Å²) >= 11 is 0. The average molecular weight is 200 g/mol. The summed E-state index contributed by atoms with van der Waals surface area (Å²) in [6, 6.07) is 2.62. The van der Waals surface area contributed by atoms with Crippen molar-refractivity contribution in [2.75, 3.05) is 0 Å². The topological polar surface area (TPSA) is 76.9 Å². The fourth-order valence-electron chi connectivity index (χ4n) is 0.966. The van der Waals surface area contributed by atoms with Gasteiger partial charge >= 0.3 is 0 Å². The van der Waals surface area contributed by atoms with Crippen molar-refractivity contribution in [3.8, 4) is 11.8 Å². The Bertz CT molecular complexity index is 434. The van der Waals surface area contributed by atoms with Crippen molar-refractivity contribution >= 4 is 0 Å². The second-order valence-electron chi connectivity index (χ2n) is 2.56. The highest BCUT2D eigenvalue weighted by atomic mass is 19.3. The van der Waals surface area contributed by atoms with E-state index in [9.17, 15) is 13.6 Å². The van der Waals surface area contributed by atoms with Crippen molar-refractivity contribution in [1.29, 1.82) is 5.26 Å². The zero-order valence-electron chi connectivity index (χ0n) is 6.92. The fourth-order valence-corrected chi connectivity index (χ4v) is 0.966. The lowest BCUT2D eigenvalue weighted by Crippen LogP contribution is -2.08. The summed E-state index contributed by atoms with van der Waals surface area (Å²) < 4.78 is 24.4. The highest BCUT2D eigenvalue weighted by Gasteiger charge is 2.16. The number of alkyl halides is 2. The first-order chi connectivity index (χ1) is 6.56. The molecule has 1 aromatic heterocycles. The summed E-state index contributed by atoms with van der Waals surface area (Å²) in [6.07, 6.45) is -3.16. The van der Waals surface area contributed by atoms with Gasteiger partial charge in [-0.1, -0.05) is 0 Å². The molecule has 0 radical (unpaired) electrons. The van der Waals surface area contributed by atoms with Crippen LogP contribution in [0.5, 0.6) is 5.75 Å². The zero-order valence-corrected chi connectivity index (χ0v) is 6.92. The van der Waals surface area contributed by atoms with E-state index in [0.29, 0.717) is 0 Å². The van der Waals surface area contributed by atoms with Crippen LogP contribution in [0.15, 0.2) is 10.9 Å². The molecule has 0 aromatic carbocycles. The quantitative estimate of drug-likeness (QED) is 0.749. The molecule has 0 atom stereocenters. The van der Waals surface area contributed by atoms with Crippen LogP contribution >= 0.6 is 0 Å². The van der Waals surface area contributed by atoms with Crippen molar-refractivity contribution in [2.24, 2.45) is 0 Å². The molecule has 0 saturated heterocycles. The molecule has 74 valence electrons. The molecule has 1 rings (SSSR count). The highest BCUT2D eigenvalue weighted by Crippen LogP contribution is 2.22. The Morgan fingerprint density at radius 2 is 2.29 bits per heavy atom. The molecular formula is C8H6F2N2O2. The number of hydrogen-bond donors (Lipinski definition) is 2. The zero-order chi connectivity index (χ0) is 10.7. The smallest absolute Gasteiger partial charge is 0.282 e. The molecule has 0 fully saturated rings. The Morgan fingerprint density at radius 1 is 1.64 bits per heavy atom. The van der Waals surface area contributed by atoms with Gasteiger partial charge in [-0.15, -0.1) is 0 Å². The van der Waals surface area contributed by atoms with Crippen LogP contribution in [0, 0.1) is 11.3 Å². The predicted molar refractivity (Wildman–Crippen MR) is 43.0 cm³/mol. The number of H-pyrrole nitrogens is 1.